The highest BCUT2D eigenvalue weighted by atomic mass is 19.1. The fourth-order valence-corrected chi connectivity index (χ4v) is 2.35. The van der Waals surface area contributed by atoms with Gasteiger partial charge in [-0.25, -0.2) is 9.18 Å². The topological polar surface area (TPSA) is 68.5 Å². The molecule has 1 N–H and O–H groups in total. The third kappa shape index (κ3) is 3.27. The van der Waals surface area contributed by atoms with Crippen molar-refractivity contribution in [2.45, 2.75) is 6.92 Å². The van der Waals surface area contributed by atoms with Gasteiger partial charge < -0.3 is 14.5 Å². The number of rotatable bonds is 4. The molecule has 0 aliphatic carbocycles. The molecule has 6 heteroatoms. The van der Waals surface area contributed by atoms with Crippen LogP contribution in [-0.2, 0) is 0 Å². The highest BCUT2D eigenvalue weighted by Crippen LogP contribution is 2.23. The second kappa shape index (κ2) is 6.54. The predicted octanol–water partition coefficient (Wildman–Crippen LogP) is 3.58. The first-order chi connectivity index (χ1) is 11.6. The van der Waals surface area contributed by atoms with Gasteiger partial charge in [-0.1, -0.05) is 6.07 Å². The van der Waals surface area contributed by atoms with Crippen LogP contribution in [0.25, 0.3) is 11.0 Å². The van der Waals surface area contributed by atoms with Gasteiger partial charge in [0.2, 0.25) is 0 Å². The lowest BCUT2D eigenvalue weighted by Gasteiger charge is -2.09. The molecule has 0 saturated carbocycles. The van der Waals surface area contributed by atoms with E-state index in [0.717, 1.165) is 6.07 Å². The van der Waals surface area contributed by atoms with E-state index in [2.05, 4.69) is 5.32 Å². The molecule has 0 radical (unpaired) electrons. The lowest BCUT2D eigenvalue weighted by Crippen LogP contribution is -2.15. The molecule has 2 aromatic carbocycles. The molecule has 3 aromatic rings. The lowest BCUT2D eigenvalue weighted by atomic mass is 10.1. The standard InChI is InChI=1S/C18H14FNO4/c1-2-23-13-6-7-14-15(10-17(21)24-16(14)9-13)18(22)20-12-5-3-4-11(19)8-12/h3-10H,2H2,1H3,(H,20,22). The van der Waals surface area contributed by atoms with E-state index in [0.29, 0.717) is 23.4 Å². The average molecular weight is 327 g/mol. The molecule has 0 atom stereocenters. The Hall–Kier alpha value is -3.15. The fourth-order valence-electron chi connectivity index (χ4n) is 2.35. The molecular weight excluding hydrogens is 313 g/mol. The summed E-state index contributed by atoms with van der Waals surface area (Å²) >= 11 is 0. The number of halogens is 1. The minimum atomic E-state index is -0.652. The van der Waals surface area contributed by atoms with Crippen molar-refractivity contribution < 1.29 is 18.3 Å². The van der Waals surface area contributed by atoms with Crippen LogP contribution in [0.5, 0.6) is 5.75 Å². The Morgan fingerprint density at radius 1 is 1.21 bits per heavy atom. The van der Waals surface area contributed by atoms with E-state index in [9.17, 15) is 14.0 Å². The summed E-state index contributed by atoms with van der Waals surface area (Å²) in [4.78, 5) is 24.2. The van der Waals surface area contributed by atoms with Crippen LogP contribution in [0.2, 0.25) is 0 Å². The normalized spacial score (nSPS) is 10.6. The molecule has 0 spiro atoms. The van der Waals surface area contributed by atoms with Crippen molar-refractivity contribution in [1.82, 2.24) is 0 Å². The van der Waals surface area contributed by atoms with E-state index in [1.807, 2.05) is 6.92 Å². The van der Waals surface area contributed by atoms with Crippen LogP contribution in [0.4, 0.5) is 10.1 Å². The summed E-state index contributed by atoms with van der Waals surface area (Å²) in [6.45, 7) is 2.30. The Labute approximate surface area is 136 Å². The molecule has 0 saturated heterocycles. The monoisotopic (exact) mass is 327 g/mol. The van der Waals surface area contributed by atoms with Crippen LogP contribution in [-0.4, -0.2) is 12.5 Å². The van der Waals surface area contributed by atoms with Crippen LogP contribution in [0.15, 0.2) is 57.7 Å². The first-order valence-electron chi connectivity index (χ1n) is 7.34. The van der Waals surface area contributed by atoms with E-state index in [1.165, 1.54) is 18.2 Å². The van der Waals surface area contributed by atoms with Gasteiger partial charge in [-0.15, -0.1) is 0 Å². The van der Waals surface area contributed by atoms with Crippen LogP contribution < -0.4 is 15.7 Å². The van der Waals surface area contributed by atoms with Gasteiger partial charge in [0.1, 0.15) is 17.1 Å². The number of anilines is 1. The number of amides is 1. The number of benzene rings is 2. The summed E-state index contributed by atoms with van der Waals surface area (Å²) in [6, 6.07) is 11.5. The molecule has 1 amide bonds. The molecule has 0 unspecified atom stereocenters. The molecule has 1 heterocycles. The number of fused-ring (bicyclic) bond motifs is 1. The lowest BCUT2D eigenvalue weighted by molar-refractivity contribution is 0.102. The van der Waals surface area contributed by atoms with E-state index < -0.39 is 17.3 Å². The van der Waals surface area contributed by atoms with E-state index >= 15 is 0 Å². The zero-order valence-electron chi connectivity index (χ0n) is 12.8. The minimum Gasteiger partial charge on any atom is -0.494 e. The number of carbonyl (C=O) groups is 1. The molecule has 0 aliphatic rings. The number of nitrogens with one attached hydrogen (secondary N) is 1. The van der Waals surface area contributed by atoms with Gasteiger partial charge >= 0.3 is 5.63 Å². The first kappa shape index (κ1) is 15.7. The second-order valence-corrected chi connectivity index (χ2v) is 5.03. The van der Waals surface area contributed by atoms with Crippen molar-refractivity contribution in [3.8, 4) is 5.75 Å². The van der Waals surface area contributed by atoms with Gasteiger partial charge in [0, 0.05) is 23.2 Å². The zero-order chi connectivity index (χ0) is 17.1. The van der Waals surface area contributed by atoms with Crippen LogP contribution in [0.1, 0.15) is 17.3 Å². The van der Waals surface area contributed by atoms with Crippen molar-refractivity contribution in [1.29, 1.82) is 0 Å². The number of carbonyl (C=O) groups excluding carboxylic acids is 1. The Balaban J connectivity index is 2.01. The van der Waals surface area contributed by atoms with Gasteiger partial charge in [0.15, 0.2) is 0 Å². The van der Waals surface area contributed by atoms with Crippen molar-refractivity contribution in [2.75, 3.05) is 11.9 Å². The third-order valence-corrected chi connectivity index (χ3v) is 3.35. The van der Waals surface area contributed by atoms with Crippen molar-refractivity contribution in [3.05, 3.63) is 70.3 Å². The predicted molar refractivity (Wildman–Crippen MR) is 88.0 cm³/mol. The smallest absolute Gasteiger partial charge is 0.337 e. The van der Waals surface area contributed by atoms with Crippen molar-refractivity contribution in [3.63, 3.8) is 0 Å². The molecular formula is C18H14FNO4. The third-order valence-electron chi connectivity index (χ3n) is 3.35. The molecule has 0 aliphatic heterocycles. The van der Waals surface area contributed by atoms with Crippen LogP contribution in [0.3, 0.4) is 0 Å². The Morgan fingerprint density at radius 3 is 2.79 bits per heavy atom. The van der Waals surface area contributed by atoms with Gasteiger partial charge in [-0.05, 0) is 37.3 Å². The van der Waals surface area contributed by atoms with E-state index in [-0.39, 0.29) is 11.1 Å². The van der Waals surface area contributed by atoms with Gasteiger partial charge in [-0.3, -0.25) is 4.79 Å². The summed E-state index contributed by atoms with van der Waals surface area (Å²) < 4.78 is 23.7. The van der Waals surface area contributed by atoms with Gasteiger partial charge in [-0.2, -0.15) is 0 Å². The van der Waals surface area contributed by atoms with Crippen LogP contribution in [0, 0.1) is 5.82 Å². The molecule has 24 heavy (non-hydrogen) atoms. The maximum Gasteiger partial charge on any atom is 0.337 e. The number of hydrogen-bond donors (Lipinski definition) is 1. The summed E-state index contributed by atoms with van der Waals surface area (Å²) in [5, 5.41) is 3.03. The largest absolute Gasteiger partial charge is 0.494 e. The summed E-state index contributed by atoms with van der Waals surface area (Å²) in [5.41, 5.74) is 0.0410. The van der Waals surface area contributed by atoms with Crippen LogP contribution >= 0.6 is 0 Å². The molecule has 0 bridgehead atoms. The highest BCUT2D eigenvalue weighted by Gasteiger charge is 2.14. The molecule has 3 rings (SSSR count). The number of ether oxygens (including phenoxy) is 1. The zero-order valence-corrected chi connectivity index (χ0v) is 12.8. The molecule has 5 nitrogen and oxygen atoms in total. The SMILES string of the molecule is CCOc1ccc2c(C(=O)Nc3cccc(F)c3)cc(=O)oc2c1. The minimum absolute atomic E-state index is 0.147. The van der Waals surface area contributed by atoms with Gasteiger partial charge in [0.05, 0.1) is 12.2 Å². The average Bonchev–Trinajstić information content (AvgIpc) is 2.54. The molecule has 122 valence electrons. The summed E-state index contributed by atoms with van der Waals surface area (Å²) in [7, 11) is 0. The maximum absolute atomic E-state index is 13.2. The molecule has 1 aromatic heterocycles. The van der Waals surface area contributed by atoms with E-state index in [4.69, 9.17) is 9.15 Å². The maximum atomic E-state index is 13.2. The number of hydrogen-bond acceptors (Lipinski definition) is 4. The Kier molecular flexibility index (Phi) is 4.29. The Bertz CT molecular complexity index is 965. The fraction of sp³-hybridized carbons (Fsp3) is 0.111. The van der Waals surface area contributed by atoms with Crippen molar-refractivity contribution in [2.24, 2.45) is 0 Å². The van der Waals surface area contributed by atoms with E-state index in [1.54, 1.807) is 24.3 Å². The first-order valence-corrected chi connectivity index (χ1v) is 7.34. The second-order valence-electron chi connectivity index (χ2n) is 5.03. The quantitative estimate of drug-likeness (QED) is 0.744. The highest BCUT2D eigenvalue weighted by molar-refractivity contribution is 6.12. The van der Waals surface area contributed by atoms with Gasteiger partial charge in [0.25, 0.3) is 5.91 Å². The molecule has 0 fully saturated rings. The van der Waals surface area contributed by atoms with Crippen molar-refractivity contribution >= 4 is 22.6 Å². The Morgan fingerprint density at radius 2 is 2.04 bits per heavy atom. The summed E-state index contributed by atoms with van der Waals surface area (Å²) in [5.74, 6) is -0.454. The summed E-state index contributed by atoms with van der Waals surface area (Å²) in [6.07, 6.45) is 0.